The van der Waals surface area contributed by atoms with Gasteiger partial charge in [-0.3, -0.25) is 14.5 Å². The molecule has 1 amide bonds. The average molecular weight is 569 g/mol. The van der Waals surface area contributed by atoms with Crippen LogP contribution in [-0.4, -0.2) is 34.4 Å². The maximum absolute atomic E-state index is 13.5. The standard InChI is InChI=1S/C32H28N2O6S/c1-4-39-31(38)29-20(3)33-32(41-29)34-26(22-13-9-6-10-14-22)25(28(36)30(34)37)27(35)24-16-15-23(17-19(24)2)40-18-21-11-7-5-8-12-21/h5-17,26,35H,4,18H2,1-3H3/b27-25+/t26-/m0/s1. The number of hydrogen-bond donors (Lipinski definition) is 1. The molecular weight excluding hydrogens is 540 g/mol. The molecule has 1 aliphatic heterocycles. The monoisotopic (exact) mass is 568 g/mol. The maximum atomic E-state index is 13.5. The van der Waals surface area contributed by atoms with Crippen LogP contribution in [0.3, 0.4) is 0 Å². The molecule has 0 spiro atoms. The third-order valence-electron chi connectivity index (χ3n) is 6.71. The molecule has 1 aliphatic rings. The summed E-state index contributed by atoms with van der Waals surface area (Å²) < 4.78 is 11.0. The molecule has 0 radical (unpaired) electrons. The Balaban J connectivity index is 1.55. The number of anilines is 1. The van der Waals surface area contributed by atoms with Gasteiger partial charge in [0.15, 0.2) is 5.13 Å². The molecule has 1 N–H and O–H groups in total. The number of carbonyl (C=O) groups is 3. The van der Waals surface area contributed by atoms with E-state index < -0.39 is 23.7 Å². The topological polar surface area (TPSA) is 106 Å². The fourth-order valence-electron chi connectivity index (χ4n) is 4.73. The van der Waals surface area contributed by atoms with Crippen LogP contribution in [0, 0.1) is 13.8 Å². The van der Waals surface area contributed by atoms with Crippen LogP contribution >= 0.6 is 11.3 Å². The lowest BCUT2D eigenvalue weighted by atomic mass is 9.94. The van der Waals surface area contributed by atoms with E-state index in [1.165, 1.54) is 4.90 Å². The molecule has 208 valence electrons. The zero-order valence-corrected chi connectivity index (χ0v) is 23.6. The summed E-state index contributed by atoms with van der Waals surface area (Å²) >= 11 is 0.974. The first-order chi connectivity index (χ1) is 19.8. The number of aliphatic hydroxyl groups excluding tert-OH is 1. The molecule has 9 heteroatoms. The highest BCUT2D eigenvalue weighted by molar-refractivity contribution is 7.17. The van der Waals surface area contributed by atoms with E-state index in [9.17, 15) is 19.5 Å². The van der Waals surface area contributed by atoms with Gasteiger partial charge in [0, 0.05) is 5.56 Å². The highest BCUT2D eigenvalue weighted by Crippen LogP contribution is 2.44. The van der Waals surface area contributed by atoms with Crippen molar-refractivity contribution in [2.24, 2.45) is 0 Å². The van der Waals surface area contributed by atoms with Gasteiger partial charge in [0.1, 0.15) is 23.0 Å². The molecule has 8 nitrogen and oxygen atoms in total. The number of esters is 1. The number of ether oxygens (including phenoxy) is 2. The minimum atomic E-state index is -0.954. The van der Waals surface area contributed by atoms with Crippen molar-refractivity contribution in [3.05, 3.63) is 117 Å². The van der Waals surface area contributed by atoms with Crippen LogP contribution in [0.25, 0.3) is 5.76 Å². The van der Waals surface area contributed by atoms with Gasteiger partial charge in [0.05, 0.1) is 23.9 Å². The predicted octanol–water partition coefficient (Wildman–Crippen LogP) is 6.14. The number of ketones is 1. The molecule has 3 aromatic carbocycles. The van der Waals surface area contributed by atoms with Gasteiger partial charge in [-0.2, -0.15) is 0 Å². The van der Waals surface area contributed by atoms with Crippen LogP contribution in [0.2, 0.25) is 0 Å². The Morgan fingerprint density at radius 1 is 1.00 bits per heavy atom. The molecule has 41 heavy (non-hydrogen) atoms. The number of aryl methyl sites for hydroxylation is 2. The zero-order valence-electron chi connectivity index (χ0n) is 22.8. The molecule has 1 aromatic heterocycles. The van der Waals surface area contributed by atoms with Gasteiger partial charge in [-0.15, -0.1) is 0 Å². The molecule has 1 fully saturated rings. The SMILES string of the molecule is CCOC(=O)c1sc(N2C(=O)C(=O)/C(=C(/O)c3ccc(OCc4ccccc4)cc3C)[C@@H]2c2ccccc2)nc1C. The van der Waals surface area contributed by atoms with Gasteiger partial charge in [-0.05, 0) is 55.7 Å². The number of aromatic nitrogens is 1. The second-order valence-corrected chi connectivity index (χ2v) is 10.4. The van der Waals surface area contributed by atoms with Crippen molar-refractivity contribution in [2.45, 2.75) is 33.4 Å². The van der Waals surface area contributed by atoms with Crippen LogP contribution in [0.1, 0.15) is 50.6 Å². The largest absolute Gasteiger partial charge is 0.507 e. The molecule has 0 bridgehead atoms. The second-order valence-electron chi connectivity index (χ2n) is 9.46. The Morgan fingerprint density at radius 3 is 2.34 bits per heavy atom. The molecule has 0 aliphatic carbocycles. The number of nitrogens with zero attached hydrogens (tertiary/aromatic N) is 2. The lowest BCUT2D eigenvalue weighted by Gasteiger charge is -2.23. The first-order valence-electron chi connectivity index (χ1n) is 13.1. The number of thiazole rings is 1. The van der Waals surface area contributed by atoms with Crippen molar-refractivity contribution in [1.29, 1.82) is 0 Å². The highest BCUT2D eigenvalue weighted by atomic mass is 32.1. The summed E-state index contributed by atoms with van der Waals surface area (Å²) in [5, 5.41) is 11.7. The van der Waals surface area contributed by atoms with Crippen LogP contribution < -0.4 is 9.64 Å². The third kappa shape index (κ3) is 5.49. The maximum Gasteiger partial charge on any atom is 0.350 e. The van der Waals surface area contributed by atoms with Crippen molar-refractivity contribution in [3.8, 4) is 5.75 Å². The molecule has 4 aromatic rings. The van der Waals surface area contributed by atoms with E-state index in [-0.39, 0.29) is 27.9 Å². The molecular formula is C32H28N2O6S. The van der Waals surface area contributed by atoms with Gasteiger partial charge in [-0.1, -0.05) is 72.0 Å². The van der Waals surface area contributed by atoms with Gasteiger partial charge >= 0.3 is 11.9 Å². The number of rotatable bonds is 8. The molecule has 2 heterocycles. The quantitative estimate of drug-likeness (QED) is 0.118. The zero-order chi connectivity index (χ0) is 29.1. The van der Waals surface area contributed by atoms with Gasteiger partial charge in [0.25, 0.3) is 5.78 Å². The summed E-state index contributed by atoms with van der Waals surface area (Å²) in [6, 6.07) is 22.9. The number of benzene rings is 3. The Kier molecular flexibility index (Phi) is 7.98. The van der Waals surface area contributed by atoms with E-state index in [0.717, 1.165) is 16.9 Å². The lowest BCUT2D eigenvalue weighted by Crippen LogP contribution is -2.29. The molecule has 0 unspecified atom stereocenters. The van der Waals surface area contributed by atoms with Crippen LogP contribution in [0.15, 0.2) is 84.4 Å². The first kappa shape index (κ1) is 27.8. The number of aliphatic hydroxyl groups is 1. The number of hydrogen-bond acceptors (Lipinski definition) is 8. The van der Waals surface area contributed by atoms with Gasteiger partial charge in [0.2, 0.25) is 0 Å². The smallest absolute Gasteiger partial charge is 0.350 e. The number of carbonyl (C=O) groups excluding carboxylic acids is 3. The average Bonchev–Trinajstić information content (AvgIpc) is 3.49. The number of Topliss-reactive ketones (excluding diaryl/α,β-unsaturated/α-hetero) is 1. The fourth-order valence-corrected chi connectivity index (χ4v) is 5.72. The second kappa shape index (κ2) is 11.8. The number of amides is 1. The van der Waals surface area contributed by atoms with Gasteiger partial charge < -0.3 is 14.6 Å². The Labute approximate surface area is 241 Å². The van der Waals surface area contributed by atoms with Crippen molar-refractivity contribution < 1.29 is 29.0 Å². The summed E-state index contributed by atoms with van der Waals surface area (Å²) in [7, 11) is 0. The molecule has 5 rings (SSSR count). The van der Waals surface area contributed by atoms with E-state index in [1.807, 2.05) is 36.4 Å². The van der Waals surface area contributed by atoms with E-state index in [0.29, 0.717) is 34.7 Å². The van der Waals surface area contributed by atoms with Crippen molar-refractivity contribution >= 4 is 39.9 Å². The van der Waals surface area contributed by atoms with Crippen molar-refractivity contribution in [2.75, 3.05) is 11.5 Å². The molecule has 0 saturated carbocycles. The summed E-state index contributed by atoms with van der Waals surface area (Å²) in [4.78, 5) is 45.4. The third-order valence-corrected chi connectivity index (χ3v) is 7.85. The van der Waals surface area contributed by atoms with Crippen LogP contribution in [0.4, 0.5) is 5.13 Å². The Bertz CT molecular complexity index is 1650. The highest BCUT2D eigenvalue weighted by Gasteiger charge is 2.48. The Morgan fingerprint density at radius 2 is 1.68 bits per heavy atom. The van der Waals surface area contributed by atoms with E-state index >= 15 is 0 Å². The Hall–Kier alpha value is -4.76. The predicted molar refractivity (Wildman–Crippen MR) is 156 cm³/mol. The summed E-state index contributed by atoms with van der Waals surface area (Å²) in [5.41, 5.74) is 3.02. The fraction of sp³-hybridized carbons (Fsp3) is 0.188. The van der Waals surface area contributed by atoms with Crippen LogP contribution in [-0.2, 0) is 20.9 Å². The van der Waals surface area contributed by atoms with Gasteiger partial charge in [-0.25, -0.2) is 9.78 Å². The van der Waals surface area contributed by atoms with E-state index in [4.69, 9.17) is 9.47 Å². The molecule has 1 atom stereocenters. The minimum absolute atomic E-state index is 0.0622. The normalized spacial score (nSPS) is 16.2. The summed E-state index contributed by atoms with van der Waals surface area (Å²) in [5.74, 6) is -1.93. The van der Waals surface area contributed by atoms with E-state index in [2.05, 4.69) is 4.98 Å². The lowest BCUT2D eigenvalue weighted by molar-refractivity contribution is -0.132. The molecule has 1 saturated heterocycles. The summed E-state index contributed by atoms with van der Waals surface area (Å²) in [6.07, 6.45) is 0. The van der Waals surface area contributed by atoms with Crippen LogP contribution in [0.5, 0.6) is 5.75 Å². The first-order valence-corrected chi connectivity index (χ1v) is 13.9. The summed E-state index contributed by atoms with van der Waals surface area (Å²) in [6.45, 7) is 5.72. The van der Waals surface area contributed by atoms with Crippen molar-refractivity contribution in [1.82, 2.24) is 4.98 Å². The van der Waals surface area contributed by atoms with Crippen molar-refractivity contribution in [3.63, 3.8) is 0 Å². The van der Waals surface area contributed by atoms with E-state index in [1.54, 1.807) is 63.2 Å². The minimum Gasteiger partial charge on any atom is -0.507 e.